The monoisotopic (exact) mass is 205 g/mol. The number of hydrogen-bond acceptors (Lipinski definition) is 1. The van der Waals surface area contributed by atoms with Gasteiger partial charge in [-0.2, -0.15) is 0 Å². The van der Waals surface area contributed by atoms with E-state index < -0.39 is 0 Å². The minimum absolute atomic E-state index is 0.569. The Labute approximate surface area is 93.5 Å². The number of hydrogen-bond donors (Lipinski definition) is 0. The Balaban J connectivity index is 1.83. The third-order valence-electron chi connectivity index (χ3n) is 4.62. The summed E-state index contributed by atoms with van der Waals surface area (Å²) < 4.78 is 0. The summed E-state index contributed by atoms with van der Waals surface area (Å²) in [5.74, 6) is 0. The van der Waals surface area contributed by atoms with Gasteiger partial charge in [0.25, 0.3) is 0 Å². The predicted molar refractivity (Wildman–Crippen MR) is 63.8 cm³/mol. The van der Waals surface area contributed by atoms with Gasteiger partial charge in [0.2, 0.25) is 0 Å². The fourth-order valence-corrected chi connectivity index (χ4v) is 4.40. The number of fused-ring (bicyclic) bond motifs is 2. The minimum Gasteiger partial charge on any atom is -0.293 e. The maximum Gasteiger partial charge on any atom is 0.0315 e. The zero-order chi connectivity index (χ0) is 10.7. The first kappa shape index (κ1) is 9.89. The van der Waals surface area contributed by atoms with E-state index >= 15 is 0 Å². The molecular weight excluding hydrogens is 182 g/mol. The molecule has 3 unspecified atom stereocenters. The molecule has 2 aliphatic carbocycles. The van der Waals surface area contributed by atoms with Gasteiger partial charge in [-0.1, -0.05) is 32.9 Å². The van der Waals surface area contributed by atoms with E-state index in [-0.39, 0.29) is 0 Å². The van der Waals surface area contributed by atoms with Crippen LogP contribution in [-0.4, -0.2) is 23.5 Å². The maximum absolute atomic E-state index is 2.79. The van der Waals surface area contributed by atoms with Crippen LogP contribution in [0.3, 0.4) is 0 Å². The van der Waals surface area contributed by atoms with Crippen LogP contribution < -0.4 is 0 Å². The Bertz CT molecular complexity index is 304. The lowest BCUT2D eigenvalue weighted by molar-refractivity contribution is 0.121. The number of rotatable bonds is 1. The molecule has 3 atom stereocenters. The molecule has 0 spiro atoms. The van der Waals surface area contributed by atoms with E-state index in [1.807, 2.05) is 0 Å². The highest BCUT2D eigenvalue weighted by atomic mass is 15.2. The van der Waals surface area contributed by atoms with E-state index in [1.54, 1.807) is 0 Å². The van der Waals surface area contributed by atoms with Crippen molar-refractivity contribution in [2.45, 2.75) is 58.5 Å². The van der Waals surface area contributed by atoms with Crippen LogP contribution in [0.15, 0.2) is 12.2 Å². The first-order chi connectivity index (χ1) is 6.98. The van der Waals surface area contributed by atoms with Gasteiger partial charge in [-0.15, -0.1) is 0 Å². The molecule has 15 heavy (non-hydrogen) atoms. The summed E-state index contributed by atoms with van der Waals surface area (Å²) >= 11 is 0. The third-order valence-corrected chi connectivity index (χ3v) is 4.62. The SMILES string of the molecule is CC1(C)CC2CC(C)(CN2C2C=CC2)C1. The van der Waals surface area contributed by atoms with Crippen molar-refractivity contribution in [3.05, 3.63) is 12.2 Å². The Morgan fingerprint density at radius 2 is 1.93 bits per heavy atom. The molecular formula is C14H23N. The van der Waals surface area contributed by atoms with Crippen LogP contribution in [0.2, 0.25) is 0 Å². The highest BCUT2D eigenvalue weighted by Gasteiger charge is 2.50. The Morgan fingerprint density at radius 3 is 2.53 bits per heavy atom. The largest absolute Gasteiger partial charge is 0.293 e. The van der Waals surface area contributed by atoms with Crippen molar-refractivity contribution in [1.29, 1.82) is 0 Å². The summed E-state index contributed by atoms with van der Waals surface area (Å²) in [7, 11) is 0. The quantitative estimate of drug-likeness (QED) is 0.594. The molecule has 1 heteroatoms. The van der Waals surface area contributed by atoms with E-state index in [4.69, 9.17) is 0 Å². The second-order valence-corrected chi connectivity index (χ2v) is 7.12. The van der Waals surface area contributed by atoms with Gasteiger partial charge < -0.3 is 0 Å². The van der Waals surface area contributed by atoms with E-state index in [0.717, 1.165) is 12.1 Å². The van der Waals surface area contributed by atoms with Crippen LogP contribution in [0.25, 0.3) is 0 Å². The molecule has 0 aromatic rings. The zero-order valence-corrected chi connectivity index (χ0v) is 10.3. The fourth-order valence-electron chi connectivity index (χ4n) is 4.40. The molecule has 2 bridgehead atoms. The first-order valence-electron chi connectivity index (χ1n) is 6.40. The van der Waals surface area contributed by atoms with Gasteiger partial charge >= 0.3 is 0 Å². The normalized spacial score (nSPS) is 47.9. The zero-order valence-electron chi connectivity index (χ0n) is 10.3. The van der Waals surface area contributed by atoms with Gasteiger partial charge in [-0.05, 0) is 36.5 Å². The topological polar surface area (TPSA) is 3.24 Å². The summed E-state index contributed by atoms with van der Waals surface area (Å²) in [5.41, 5.74) is 1.18. The molecule has 1 saturated carbocycles. The number of likely N-dealkylation sites (tertiary alicyclic amines) is 1. The summed E-state index contributed by atoms with van der Waals surface area (Å²) in [5, 5.41) is 0. The minimum atomic E-state index is 0.569. The highest BCUT2D eigenvalue weighted by Crippen LogP contribution is 2.53. The van der Waals surface area contributed by atoms with Crippen LogP contribution in [0.5, 0.6) is 0 Å². The Morgan fingerprint density at radius 1 is 1.20 bits per heavy atom. The van der Waals surface area contributed by atoms with Crippen molar-refractivity contribution >= 4 is 0 Å². The lowest BCUT2D eigenvalue weighted by Gasteiger charge is -2.40. The second kappa shape index (κ2) is 2.88. The van der Waals surface area contributed by atoms with Crippen LogP contribution in [0.4, 0.5) is 0 Å². The van der Waals surface area contributed by atoms with Crippen molar-refractivity contribution in [3.8, 4) is 0 Å². The highest BCUT2D eigenvalue weighted by molar-refractivity contribution is 5.13. The average molecular weight is 205 g/mol. The predicted octanol–water partition coefficient (Wildman–Crippen LogP) is 3.22. The molecule has 3 aliphatic rings. The molecule has 0 aromatic carbocycles. The first-order valence-corrected chi connectivity index (χ1v) is 6.40. The standard InChI is InChI=1S/C14H23N/c1-13(2)7-12-8-14(3,9-13)10-15(12)11-5-4-6-11/h4-5,11-12H,6-10H2,1-3H3. The molecule has 0 radical (unpaired) electrons. The number of nitrogens with zero attached hydrogens (tertiary/aromatic N) is 1. The molecule has 1 aliphatic heterocycles. The lowest BCUT2D eigenvalue weighted by atomic mass is 9.65. The van der Waals surface area contributed by atoms with Gasteiger partial charge in [0.15, 0.2) is 0 Å². The van der Waals surface area contributed by atoms with Crippen molar-refractivity contribution in [2.24, 2.45) is 10.8 Å². The van der Waals surface area contributed by atoms with Gasteiger partial charge in [0.05, 0.1) is 0 Å². The molecule has 3 rings (SSSR count). The Kier molecular flexibility index (Phi) is 1.90. The molecule has 1 heterocycles. The Hall–Kier alpha value is -0.300. The van der Waals surface area contributed by atoms with Gasteiger partial charge in [-0.3, -0.25) is 4.90 Å². The van der Waals surface area contributed by atoms with Crippen molar-refractivity contribution in [2.75, 3.05) is 6.54 Å². The summed E-state index contributed by atoms with van der Waals surface area (Å²) in [4.78, 5) is 2.79. The van der Waals surface area contributed by atoms with Crippen LogP contribution in [-0.2, 0) is 0 Å². The molecule has 1 saturated heterocycles. The molecule has 2 fully saturated rings. The van der Waals surface area contributed by atoms with E-state index in [1.165, 1.54) is 32.2 Å². The average Bonchev–Trinajstić information content (AvgIpc) is 2.16. The fraction of sp³-hybridized carbons (Fsp3) is 0.857. The van der Waals surface area contributed by atoms with Gasteiger partial charge in [-0.25, -0.2) is 0 Å². The third kappa shape index (κ3) is 1.56. The molecule has 1 nitrogen and oxygen atoms in total. The van der Waals surface area contributed by atoms with Crippen molar-refractivity contribution in [1.82, 2.24) is 4.90 Å². The molecule has 0 amide bonds. The van der Waals surface area contributed by atoms with E-state index in [2.05, 4.69) is 37.8 Å². The lowest BCUT2D eigenvalue weighted by Crippen LogP contribution is -2.41. The van der Waals surface area contributed by atoms with Crippen LogP contribution in [0, 0.1) is 10.8 Å². The second-order valence-electron chi connectivity index (χ2n) is 7.12. The van der Waals surface area contributed by atoms with E-state index in [0.29, 0.717) is 10.8 Å². The van der Waals surface area contributed by atoms with Crippen LogP contribution in [0.1, 0.15) is 46.5 Å². The summed E-state index contributed by atoms with van der Waals surface area (Å²) in [6.07, 6.45) is 10.3. The van der Waals surface area contributed by atoms with Crippen molar-refractivity contribution in [3.63, 3.8) is 0 Å². The molecule has 0 N–H and O–H groups in total. The maximum atomic E-state index is 2.79. The molecule has 84 valence electrons. The summed E-state index contributed by atoms with van der Waals surface area (Å²) in [6.45, 7) is 8.76. The van der Waals surface area contributed by atoms with Crippen molar-refractivity contribution < 1.29 is 0 Å². The van der Waals surface area contributed by atoms with E-state index in [9.17, 15) is 0 Å². The van der Waals surface area contributed by atoms with Gasteiger partial charge in [0, 0.05) is 18.6 Å². The molecule has 0 aromatic heterocycles. The smallest absolute Gasteiger partial charge is 0.0315 e. The van der Waals surface area contributed by atoms with Gasteiger partial charge in [0.1, 0.15) is 0 Å². The summed E-state index contributed by atoms with van der Waals surface area (Å²) in [6, 6.07) is 1.65. The van der Waals surface area contributed by atoms with Crippen LogP contribution >= 0.6 is 0 Å².